The Kier molecular flexibility index (Phi) is 4.98. The number of halogens is 1. The van der Waals surface area contributed by atoms with Crippen molar-refractivity contribution in [2.45, 2.75) is 31.7 Å². The van der Waals surface area contributed by atoms with Crippen LogP contribution in [0.2, 0.25) is 5.02 Å². The van der Waals surface area contributed by atoms with Crippen LogP contribution in [0.15, 0.2) is 34.9 Å². The number of carbonyl (C=O) groups is 1. The highest BCUT2D eigenvalue weighted by atomic mass is 35.5. The molecule has 0 aliphatic carbocycles. The predicted molar refractivity (Wildman–Crippen MR) is 87.3 cm³/mol. The van der Waals surface area contributed by atoms with E-state index in [0.29, 0.717) is 17.1 Å². The standard InChI is InChI=1S/C17H19ClN2O3/c18-13-5-1-4-12(10-13)15-11-16(23-19-15)17(22)20-8-2-6-14(20)7-3-9-21/h1,4-5,10-11,14,21H,2-3,6-9H2. The fourth-order valence-corrected chi connectivity index (χ4v) is 3.22. The lowest BCUT2D eigenvalue weighted by Crippen LogP contribution is -2.35. The van der Waals surface area contributed by atoms with Crippen LogP contribution >= 0.6 is 11.6 Å². The minimum atomic E-state index is -0.133. The van der Waals surface area contributed by atoms with Gasteiger partial charge in [0.25, 0.3) is 5.91 Å². The van der Waals surface area contributed by atoms with Crippen LogP contribution < -0.4 is 0 Å². The Bertz CT molecular complexity index is 686. The number of amides is 1. The largest absolute Gasteiger partial charge is 0.396 e. The average Bonchev–Trinajstić information content (AvgIpc) is 3.21. The molecule has 2 aromatic rings. The molecule has 1 fully saturated rings. The lowest BCUT2D eigenvalue weighted by atomic mass is 10.1. The van der Waals surface area contributed by atoms with Crippen molar-refractivity contribution in [2.24, 2.45) is 0 Å². The number of likely N-dealkylation sites (tertiary alicyclic amines) is 1. The molecule has 2 heterocycles. The van der Waals surface area contributed by atoms with Crippen LogP contribution in [0.1, 0.15) is 36.2 Å². The van der Waals surface area contributed by atoms with Crippen molar-refractivity contribution < 1.29 is 14.4 Å². The average molecular weight is 335 g/mol. The van der Waals surface area contributed by atoms with Gasteiger partial charge in [0.2, 0.25) is 5.76 Å². The molecule has 0 bridgehead atoms. The SMILES string of the molecule is O=C(c1cc(-c2cccc(Cl)c2)no1)N1CCCC1CCCO. The number of aromatic nitrogens is 1. The normalized spacial score (nSPS) is 17.7. The number of aliphatic hydroxyl groups is 1. The van der Waals surface area contributed by atoms with Crippen molar-refractivity contribution in [3.8, 4) is 11.3 Å². The molecule has 1 aliphatic heterocycles. The van der Waals surface area contributed by atoms with E-state index in [-0.39, 0.29) is 24.3 Å². The molecule has 3 rings (SSSR count). The van der Waals surface area contributed by atoms with Gasteiger partial charge in [0, 0.05) is 35.8 Å². The molecular weight excluding hydrogens is 316 g/mol. The molecule has 0 radical (unpaired) electrons. The third kappa shape index (κ3) is 3.57. The summed E-state index contributed by atoms with van der Waals surface area (Å²) >= 11 is 5.98. The second kappa shape index (κ2) is 7.15. The summed E-state index contributed by atoms with van der Waals surface area (Å²) in [6.45, 7) is 0.877. The Balaban J connectivity index is 1.76. The first kappa shape index (κ1) is 16.0. The first-order valence-corrected chi connectivity index (χ1v) is 8.21. The van der Waals surface area contributed by atoms with Gasteiger partial charge in [0.15, 0.2) is 0 Å². The van der Waals surface area contributed by atoms with E-state index in [1.807, 2.05) is 17.0 Å². The number of hydrogen-bond donors (Lipinski definition) is 1. The van der Waals surface area contributed by atoms with Crippen LogP contribution in [0.25, 0.3) is 11.3 Å². The summed E-state index contributed by atoms with van der Waals surface area (Å²) in [5, 5.41) is 13.6. The van der Waals surface area contributed by atoms with Crippen LogP contribution in [0, 0.1) is 0 Å². The highest BCUT2D eigenvalue weighted by Gasteiger charge is 2.31. The molecule has 1 aliphatic rings. The maximum atomic E-state index is 12.6. The molecule has 1 aromatic carbocycles. The summed E-state index contributed by atoms with van der Waals surface area (Å²) in [6.07, 6.45) is 3.48. The van der Waals surface area contributed by atoms with E-state index >= 15 is 0 Å². The first-order chi connectivity index (χ1) is 11.2. The summed E-state index contributed by atoms with van der Waals surface area (Å²) in [4.78, 5) is 14.5. The molecule has 1 amide bonds. The monoisotopic (exact) mass is 334 g/mol. The van der Waals surface area contributed by atoms with E-state index in [1.165, 1.54) is 0 Å². The number of carbonyl (C=O) groups excluding carboxylic acids is 1. The van der Waals surface area contributed by atoms with Crippen molar-refractivity contribution in [1.29, 1.82) is 0 Å². The molecule has 1 N–H and O–H groups in total. The van der Waals surface area contributed by atoms with Gasteiger partial charge in [0.1, 0.15) is 5.69 Å². The van der Waals surface area contributed by atoms with Gasteiger partial charge in [-0.2, -0.15) is 0 Å². The Labute approximate surface area is 139 Å². The Morgan fingerprint density at radius 3 is 3.09 bits per heavy atom. The fraction of sp³-hybridized carbons (Fsp3) is 0.412. The molecule has 1 saturated heterocycles. The van der Waals surface area contributed by atoms with Gasteiger partial charge in [-0.3, -0.25) is 4.79 Å². The summed E-state index contributed by atoms with van der Waals surface area (Å²) < 4.78 is 5.25. The molecule has 0 spiro atoms. The zero-order valence-corrected chi connectivity index (χ0v) is 13.5. The van der Waals surface area contributed by atoms with Gasteiger partial charge in [-0.25, -0.2) is 0 Å². The third-order valence-electron chi connectivity index (χ3n) is 4.17. The summed E-state index contributed by atoms with van der Waals surface area (Å²) in [5.41, 5.74) is 1.42. The predicted octanol–water partition coefficient (Wildman–Crippen LogP) is 3.37. The number of rotatable bonds is 5. The van der Waals surface area contributed by atoms with Gasteiger partial charge in [-0.1, -0.05) is 28.9 Å². The number of aliphatic hydroxyl groups excluding tert-OH is 1. The Morgan fingerprint density at radius 1 is 1.43 bits per heavy atom. The van der Waals surface area contributed by atoms with E-state index in [9.17, 15) is 4.79 Å². The summed E-state index contributed by atoms with van der Waals surface area (Å²) in [5.74, 6) is 0.113. The van der Waals surface area contributed by atoms with Crippen molar-refractivity contribution >= 4 is 17.5 Å². The van der Waals surface area contributed by atoms with Crippen LogP contribution in [-0.2, 0) is 0 Å². The molecule has 5 nitrogen and oxygen atoms in total. The van der Waals surface area contributed by atoms with Crippen LogP contribution in [0.4, 0.5) is 0 Å². The topological polar surface area (TPSA) is 66.6 Å². The Hall–Kier alpha value is -1.85. The summed E-state index contributed by atoms with van der Waals surface area (Å²) in [6, 6.07) is 9.11. The minimum Gasteiger partial charge on any atom is -0.396 e. The second-order valence-corrected chi connectivity index (χ2v) is 6.18. The van der Waals surface area contributed by atoms with Crippen molar-refractivity contribution in [3.05, 3.63) is 41.1 Å². The highest BCUT2D eigenvalue weighted by molar-refractivity contribution is 6.30. The zero-order valence-electron chi connectivity index (χ0n) is 12.7. The lowest BCUT2D eigenvalue weighted by molar-refractivity contribution is 0.0682. The van der Waals surface area contributed by atoms with Crippen molar-refractivity contribution in [1.82, 2.24) is 10.1 Å². The van der Waals surface area contributed by atoms with E-state index in [0.717, 1.165) is 31.4 Å². The molecule has 1 atom stereocenters. The third-order valence-corrected chi connectivity index (χ3v) is 4.41. The number of hydrogen-bond acceptors (Lipinski definition) is 4. The maximum Gasteiger partial charge on any atom is 0.292 e. The molecule has 6 heteroatoms. The zero-order chi connectivity index (χ0) is 16.2. The quantitative estimate of drug-likeness (QED) is 0.910. The van der Waals surface area contributed by atoms with Gasteiger partial charge >= 0.3 is 0 Å². The molecule has 122 valence electrons. The molecule has 1 aromatic heterocycles. The van der Waals surface area contributed by atoms with E-state index in [4.69, 9.17) is 21.2 Å². The Morgan fingerprint density at radius 2 is 2.30 bits per heavy atom. The van der Waals surface area contributed by atoms with Gasteiger partial charge < -0.3 is 14.5 Å². The number of benzene rings is 1. The second-order valence-electron chi connectivity index (χ2n) is 5.75. The smallest absolute Gasteiger partial charge is 0.292 e. The van der Waals surface area contributed by atoms with Crippen LogP contribution in [-0.4, -0.2) is 40.3 Å². The maximum absolute atomic E-state index is 12.6. The molecule has 23 heavy (non-hydrogen) atoms. The molecule has 1 unspecified atom stereocenters. The van der Waals surface area contributed by atoms with Gasteiger partial charge in [0.05, 0.1) is 0 Å². The van der Waals surface area contributed by atoms with E-state index in [1.54, 1.807) is 18.2 Å². The summed E-state index contributed by atoms with van der Waals surface area (Å²) in [7, 11) is 0. The number of nitrogens with zero attached hydrogens (tertiary/aromatic N) is 2. The van der Waals surface area contributed by atoms with Gasteiger partial charge in [-0.15, -0.1) is 0 Å². The minimum absolute atomic E-state index is 0.133. The van der Waals surface area contributed by atoms with Crippen molar-refractivity contribution in [2.75, 3.05) is 13.2 Å². The molecular formula is C17H19ClN2O3. The van der Waals surface area contributed by atoms with Gasteiger partial charge in [-0.05, 0) is 37.8 Å². The fourth-order valence-electron chi connectivity index (χ4n) is 3.03. The molecule has 0 saturated carbocycles. The van der Waals surface area contributed by atoms with Crippen LogP contribution in [0.5, 0.6) is 0 Å². The lowest BCUT2D eigenvalue weighted by Gasteiger charge is -2.23. The van der Waals surface area contributed by atoms with E-state index < -0.39 is 0 Å². The van der Waals surface area contributed by atoms with E-state index in [2.05, 4.69) is 5.16 Å². The van der Waals surface area contributed by atoms with Crippen molar-refractivity contribution in [3.63, 3.8) is 0 Å². The first-order valence-electron chi connectivity index (χ1n) is 7.83. The van der Waals surface area contributed by atoms with Crippen LogP contribution in [0.3, 0.4) is 0 Å². The highest BCUT2D eigenvalue weighted by Crippen LogP contribution is 2.26.